The number of carbonyl (C=O) groups is 2. The Morgan fingerprint density at radius 1 is 1.45 bits per heavy atom. The van der Waals surface area contributed by atoms with E-state index >= 15 is 0 Å². The average Bonchev–Trinajstić information content (AvgIpc) is 2.65. The van der Waals surface area contributed by atoms with Crippen LogP contribution in [0.4, 0.5) is 0 Å². The lowest BCUT2D eigenvalue weighted by atomic mass is 9.94. The maximum Gasteiger partial charge on any atom is 0.303 e. The van der Waals surface area contributed by atoms with E-state index in [0.717, 1.165) is 12.0 Å². The Balaban J connectivity index is 2.60. The molecule has 0 saturated carbocycles. The van der Waals surface area contributed by atoms with Gasteiger partial charge in [-0.25, -0.2) is 0 Å². The molecule has 0 bridgehead atoms. The van der Waals surface area contributed by atoms with Crippen molar-refractivity contribution in [3.05, 3.63) is 20.8 Å². The van der Waals surface area contributed by atoms with E-state index in [-0.39, 0.29) is 18.2 Å². The third-order valence-corrected chi connectivity index (χ3v) is 4.62. The number of carboxylic acid groups (broad SMARTS) is 1. The van der Waals surface area contributed by atoms with Crippen molar-refractivity contribution < 1.29 is 14.7 Å². The molecule has 1 aromatic heterocycles. The molecule has 0 aliphatic rings. The summed E-state index contributed by atoms with van der Waals surface area (Å²) in [7, 11) is 0. The first-order valence-corrected chi connectivity index (χ1v) is 7.80. The van der Waals surface area contributed by atoms with Crippen LogP contribution in [0.25, 0.3) is 0 Å². The van der Waals surface area contributed by atoms with E-state index in [9.17, 15) is 9.59 Å². The van der Waals surface area contributed by atoms with Crippen LogP contribution in [0.5, 0.6) is 0 Å². The van der Waals surface area contributed by atoms with Crippen LogP contribution in [-0.4, -0.2) is 23.5 Å². The Hall–Kier alpha value is -1.07. The number of thiophene rings is 1. The molecule has 1 rings (SSSR count). The van der Waals surface area contributed by atoms with Gasteiger partial charge in [0.05, 0.1) is 5.02 Å². The molecule has 4 nitrogen and oxygen atoms in total. The number of aryl methyl sites for hydroxylation is 1. The first kappa shape index (κ1) is 17.0. The van der Waals surface area contributed by atoms with Gasteiger partial charge in [-0.1, -0.05) is 25.4 Å². The van der Waals surface area contributed by atoms with E-state index in [0.29, 0.717) is 22.4 Å². The number of amides is 1. The predicted octanol–water partition coefficient (Wildman–Crippen LogP) is 3.58. The molecule has 112 valence electrons. The predicted molar refractivity (Wildman–Crippen MR) is 81.6 cm³/mol. The molecule has 0 aliphatic heterocycles. The Bertz CT molecular complexity index is 485. The molecule has 1 aromatic rings. The molecule has 1 amide bonds. The molecule has 0 aromatic carbocycles. The van der Waals surface area contributed by atoms with Crippen LogP contribution >= 0.6 is 22.9 Å². The fourth-order valence-electron chi connectivity index (χ4n) is 2.05. The molecule has 6 heteroatoms. The van der Waals surface area contributed by atoms with Gasteiger partial charge in [-0.3, -0.25) is 9.59 Å². The van der Waals surface area contributed by atoms with E-state index in [4.69, 9.17) is 16.7 Å². The fraction of sp³-hybridized carbons (Fsp3) is 0.571. The van der Waals surface area contributed by atoms with E-state index in [1.165, 1.54) is 11.3 Å². The van der Waals surface area contributed by atoms with Gasteiger partial charge >= 0.3 is 5.97 Å². The van der Waals surface area contributed by atoms with Crippen molar-refractivity contribution in [2.75, 3.05) is 6.54 Å². The molecule has 0 radical (unpaired) electrons. The smallest absolute Gasteiger partial charge is 0.303 e. The average molecular weight is 318 g/mol. The van der Waals surface area contributed by atoms with Crippen molar-refractivity contribution in [3.63, 3.8) is 0 Å². The van der Waals surface area contributed by atoms with Crippen molar-refractivity contribution >= 4 is 34.8 Å². The third kappa shape index (κ3) is 5.13. The second-order valence-corrected chi connectivity index (χ2v) is 6.62. The summed E-state index contributed by atoms with van der Waals surface area (Å²) in [5, 5.41) is 14.0. The third-order valence-electron chi connectivity index (χ3n) is 2.92. The minimum Gasteiger partial charge on any atom is -0.481 e. The van der Waals surface area contributed by atoms with Gasteiger partial charge in [-0.15, -0.1) is 11.3 Å². The first-order chi connectivity index (χ1) is 9.31. The number of halogens is 1. The van der Waals surface area contributed by atoms with E-state index in [1.54, 1.807) is 0 Å². The van der Waals surface area contributed by atoms with Crippen LogP contribution in [0, 0.1) is 18.8 Å². The van der Waals surface area contributed by atoms with Crippen LogP contribution < -0.4 is 5.32 Å². The zero-order chi connectivity index (χ0) is 15.3. The summed E-state index contributed by atoms with van der Waals surface area (Å²) in [4.78, 5) is 23.3. The summed E-state index contributed by atoms with van der Waals surface area (Å²) in [5.41, 5.74) is 0.881. The normalized spacial score (nSPS) is 12.4. The maximum absolute atomic E-state index is 12.0. The molecule has 0 aliphatic carbocycles. The standard InChI is InChI=1S/C14H20ClNO3S/c1-8(2)4-10(5-11(17)18)6-16-14(19)13-12(15)9(3)7-20-13/h7-8,10H,4-6H2,1-3H3,(H,16,19)(H,17,18)/t10-/m0/s1. The number of nitrogens with one attached hydrogen (secondary N) is 1. The molecule has 20 heavy (non-hydrogen) atoms. The molecule has 0 unspecified atom stereocenters. The van der Waals surface area contributed by atoms with Gasteiger partial charge in [0.1, 0.15) is 4.88 Å². The molecule has 1 atom stereocenters. The number of rotatable bonds is 7. The van der Waals surface area contributed by atoms with Gasteiger partial charge in [0.25, 0.3) is 5.91 Å². The van der Waals surface area contributed by atoms with Crippen LogP contribution in [-0.2, 0) is 4.79 Å². The van der Waals surface area contributed by atoms with Crippen molar-refractivity contribution in [3.8, 4) is 0 Å². The molecule has 0 saturated heterocycles. The quantitative estimate of drug-likeness (QED) is 0.807. The summed E-state index contributed by atoms with van der Waals surface area (Å²) >= 11 is 7.35. The fourth-order valence-corrected chi connectivity index (χ4v) is 3.25. The maximum atomic E-state index is 12.0. The molecule has 1 heterocycles. The van der Waals surface area contributed by atoms with E-state index in [2.05, 4.69) is 5.32 Å². The van der Waals surface area contributed by atoms with Crippen LogP contribution in [0.3, 0.4) is 0 Å². The van der Waals surface area contributed by atoms with Gasteiger partial charge < -0.3 is 10.4 Å². The number of carbonyl (C=O) groups excluding carboxylic acids is 1. The van der Waals surface area contributed by atoms with Gasteiger partial charge in [0.2, 0.25) is 0 Å². The number of carboxylic acids is 1. The Morgan fingerprint density at radius 3 is 2.55 bits per heavy atom. The number of aliphatic carboxylic acids is 1. The van der Waals surface area contributed by atoms with E-state index < -0.39 is 5.97 Å². The largest absolute Gasteiger partial charge is 0.481 e. The monoisotopic (exact) mass is 317 g/mol. The molecule has 0 spiro atoms. The molecular weight excluding hydrogens is 298 g/mol. The summed E-state index contributed by atoms with van der Waals surface area (Å²) in [6.07, 6.45) is 0.833. The van der Waals surface area contributed by atoms with Crippen molar-refractivity contribution in [1.29, 1.82) is 0 Å². The zero-order valence-electron chi connectivity index (χ0n) is 11.9. The highest BCUT2D eigenvalue weighted by atomic mass is 35.5. The highest BCUT2D eigenvalue weighted by molar-refractivity contribution is 7.13. The summed E-state index contributed by atoms with van der Waals surface area (Å²) in [6, 6.07) is 0. The molecule has 0 fully saturated rings. The van der Waals surface area contributed by atoms with Crippen LogP contribution in [0.15, 0.2) is 5.38 Å². The molecule has 2 N–H and O–H groups in total. The number of hydrogen-bond acceptors (Lipinski definition) is 3. The lowest BCUT2D eigenvalue weighted by Gasteiger charge is -2.17. The second-order valence-electron chi connectivity index (χ2n) is 5.37. The Morgan fingerprint density at radius 2 is 2.10 bits per heavy atom. The van der Waals surface area contributed by atoms with Gasteiger partial charge in [0, 0.05) is 13.0 Å². The van der Waals surface area contributed by atoms with Crippen LogP contribution in [0.2, 0.25) is 5.02 Å². The summed E-state index contributed by atoms with van der Waals surface area (Å²) in [6.45, 7) is 6.28. The van der Waals surface area contributed by atoms with Gasteiger partial charge in [-0.2, -0.15) is 0 Å². The van der Waals surface area contributed by atoms with Gasteiger partial charge in [-0.05, 0) is 36.1 Å². The molecular formula is C14H20ClNO3S. The second kappa shape index (κ2) is 7.64. The lowest BCUT2D eigenvalue weighted by molar-refractivity contribution is -0.138. The highest BCUT2D eigenvalue weighted by Gasteiger charge is 2.19. The van der Waals surface area contributed by atoms with Crippen molar-refractivity contribution in [2.45, 2.75) is 33.6 Å². The Kier molecular flexibility index (Phi) is 6.49. The van der Waals surface area contributed by atoms with E-state index in [1.807, 2.05) is 26.2 Å². The lowest BCUT2D eigenvalue weighted by Crippen LogP contribution is -2.30. The minimum atomic E-state index is -0.838. The first-order valence-electron chi connectivity index (χ1n) is 6.54. The SMILES string of the molecule is Cc1csc(C(=O)NC[C@H](CC(=O)O)CC(C)C)c1Cl. The Labute approximate surface area is 128 Å². The number of hydrogen-bond donors (Lipinski definition) is 2. The van der Waals surface area contributed by atoms with Gasteiger partial charge in [0.15, 0.2) is 0 Å². The topological polar surface area (TPSA) is 66.4 Å². The highest BCUT2D eigenvalue weighted by Crippen LogP contribution is 2.27. The van der Waals surface area contributed by atoms with Crippen molar-refractivity contribution in [1.82, 2.24) is 5.32 Å². The summed E-state index contributed by atoms with van der Waals surface area (Å²) < 4.78 is 0. The zero-order valence-corrected chi connectivity index (χ0v) is 13.5. The van der Waals surface area contributed by atoms with Crippen LogP contribution in [0.1, 0.15) is 41.9 Å². The van der Waals surface area contributed by atoms with Crippen molar-refractivity contribution in [2.24, 2.45) is 11.8 Å². The minimum absolute atomic E-state index is 0.0590. The summed E-state index contributed by atoms with van der Waals surface area (Å²) in [5.74, 6) is -0.734.